The van der Waals surface area contributed by atoms with E-state index in [2.05, 4.69) is 15.2 Å². The Kier molecular flexibility index (Phi) is 11.7. The van der Waals surface area contributed by atoms with Crippen molar-refractivity contribution in [1.82, 2.24) is 19.7 Å². The van der Waals surface area contributed by atoms with Crippen molar-refractivity contribution in [1.29, 1.82) is 5.26 Å². The maximum atomic E-state index is 12.8. The lowest BCUT2D eigenvalue weighted by atomic mass is 9.86. The summed E-state index contributed by atoms with van der Waals surface area (Å²) < 4.78 is 41.7. The Morgan fingerprint density at radius 3 is 2.52 bits per heavy atom. The molecule has 0 bridgehead atoms. The fourth-order valence-electron chi connectivity index (χ4n) is 4.10. The first-order valence-corrected chi connectivity index (χ1v) is 14.7. The highest BCUT2D eigenvalue weighted by Crippen LogP contribution is 2.36. The number of hydrogen-bond donors (Lipinski definition) is 2. The second kappa shape index (κ2) is 15.0. The molecule has 1 unspecified atom stereocenters. The number of carbonyl (C=O) groups is 3. The normalized spacial score (nSPS) is 17.2. The van der Waals surface area contributed by atoms with Crippen LogP contribution in [0.15, 0.2) is 18.5 Å². The highest BCUT2D eigenvalue weighted by atomic mass is 31.1. The topological polar surface area (TPSA) is 206 Å². The molecule has 0 saturated heterocycles. The van der Waals surface area contributed by atoms with Gasteiger partial charge >= 0.3 is 26.1 Å². The van der Waals surface area contributed by atoms with Crippen LogP contribution >= 0.6 is 8.18 Å². The van der Waals surface area contributed by atoms with Crippen LogP contribution in [0.3, 0.4) is 0 Å². The fourth-order valence-corrected chi connectivity index (χ4v) is 4.91. The number of hydrogen-bond acceptors (Lipinski definition) is 13. The molecule has 42 heavy (non-hydrogen) atoms. The van der Waals surface area contributed by atoms with E-state index in [0.29, 0.717) is 11.4 Å². The third kappa shape index (κ3) is 7.77. The summed E-state index contributed by atoms with van der Waals surface area (Å²) in [5, 5.41) is 17.0. The van der Waals surface area contributed by atoms with Crippen molar-refractivity contribution in [2.24, 2.45) is 5.92 Å². The van der Waals surface area contributed by atoms with Crippen molar-refractivity contribution < 1.29 is 42.4 Å². The van der Waals surface area contributed by atoms with Gasteiger partial charge in [-0.1, -0.05) is 25.4 Å². The molecule has 0 radical (unpaired) electrons. The number of anilines is 1. The molecule has 0 spiro atoms. The maximum absolute atomic E-state index is 12.8. The van der Waals surface area contributed by atoms with Crippen molar-refractivity contribution >= 4 is 37.4 Å². The molecule has 0 aromatic carbocycles. The van der Waals surface area contributed by atoms with Gasteiger partial charge in [-0.2, -0.15) is 10.4 Å². The van der Waals surface area contributed by atoms with Crippen LogP contribution in [0, 0.1) is 17.2 Å². The molecule has 15 nitrogen and oxygen atoms in total. The van der Waals surface area contributed by atoms with Crippen LogP contribution in [0.5, 0.6) is 0 Å². The number of carbonyl (C=O) groups excluding carboxylic acids is 3. The van der Waals surface area contributed by atoms with Crippen molar-refractivity contribution in [3.05, 3.63) is 24.2 Å². The van der Waals surface area contributed by atoms with E-state index in [4.69, 9.17) is 29.2 Å². The molecule has 3 N–H and O–H groups in total. The van der Waals surface area contributed by atoms with Gasteiger partial charge in [-0.3, -0.25) is 14.4 Å². The number of ether oxygens (including phenoxy) is 4. The minimum Gasteiger partial charge on any atom is -0.464 e. The summed E-state index contributed by atoms with van der Waals surface area (Å²) in [5.74, 6) is -1.56. The van der Waals surface area contributed by atoms with E-state index in [-0.39, 0.29) is 31.0 Å². The molecule has 1 fully saturated rings. The van der Waals surface area contributed by atoms with E-state index in [1.54, 1.807) is 13.0 Å². The zero-order valence-electron chi connectivity index (χ0n) is 24.0. The van der Waals surface area contributed by atoms with Crippen LogP contribution in [-0.4, -0.2) is 70.6 Å². The number of nitrogens with zero attached hydrogens (tertiary/aromatic N) is 4. The number of methoxy groups -OCH3 is 1. The van der Waals surface area contributed by atoms with Gasteiger partial charge < -0.3 is 24.7 Å². The Hall–Kier alpha value is -3.70. The molecule has 2 aromatic heterocycles. The summed E-state index contributed by atoms with van der Waals surface area (Å²) in [6.45, 7) is 4.14. The largest absolute Gasteiger partial charge is 0.613 e. The van der Waals surface area contributed by atoms with Crippen LogP contribution in [0.4, 0.5) is 5.82 Å². The monoisotopic (exact) mass is 607 g/mol. The molecule has 3 rings (SSSR count). The highest BCUT2D eigenvalue weighted by Gasteiger charge is 2.52. The van der Waals surface area contributed by atoms with Gasteiger partial charge in [-0.15, -0.1) is 4.52 Å². The summed E-state index contributed by atoms with van der Waals surface area (Å²) >= 11 is 0. The number of nitrogen functional groups attached to an aromatic ring is 1. The van der Waals surface area contributed by atoms with Gasteiger partial charge in [-0.05, 0) is 42.4 Å². The molecule has 0 aliphatic heterocycles. The molecule has 16 heteroatoms. The first-order valence-electron chi connectivity index (χ1n) is 13.5. The number of esters is 3. The second-order valence-corrected chi connectivity index (χ2v) is 10.8. The van der Waals surface area contributed by atoms with E-state index in [1.165, 1.54) is 30.8 Å². The molecule has 1 aliphatic rings. The Balaban J connectivity index is 1.89. The summed E-state index contributed by atoms with van der Waals surface area (Å²) in [6, 6.07) is 4.05. The number of aromatic nitrogens is 3. The Bertz CT molecular complexity index is 1330. The summed E-state index contributed by atoms with van der Waals surface area (Å²) in [6.07, 6.45) is 1.08. The van der Waals surface area contributed by atoms with Gasteiger partial charge in [0.2, 0.25) is 5.60 Å². The first kappa shape index (κ1) is 32.8. The average molecular weight is 608 g/mol. The molecule has 5 atom stereocenters. The van der Waals surface area contributed by atoms with E-state index in [1.807, 2.05) is 6.07 Å². The number of nitriles is 1. The number of nitrogens with two attached hydrogens (primary N) is 1. The Morgan fingerprint density at radius 2 is 1.93 bits per heavy atom. The van der Waals surface area contributed by atoms with Crippen LogP contribution in [0.25, 0.3) is 5.52 Å². The third-order valence-corrected chi connectivity index (χ3v) is 7.88. The predicted octanol–water partition coefficient (Wildman–Crippen LogP) is 2.53. The number of fused-ring (bicyclic) bond motifs is 1. The standard InChI is InChI=1S/C26H36N6O9P/c1-5-20(33)40-22(18-10-11-19-24(28)29-15-30-32(18)19)23(41-21(34)6-2)26(13-27,37-4)14-39-42(36)31-16(3)25(35)38-12-17-8-7-9-17/h10-11,15-17,22-23H,5-9,12,14H2,1-4H3,(H,31,36)(H2,28,29,30)/q+1/t16-,22-,23-,26+/m0/s1. The molecular formula is C26H36N6O9P+. The molecular weight excluding hydrogens is 571 g/mol. The van der Waals surface area contributed by atoms with Crippen LogP contribution < -0.4 is 10.8 Å². The van der Waals surface area contributed by atoms with Gasteiger partial charge in [0.05, 0.1) is 12.3 Å². The van der Waals surface area contributed by atoms with Gasteiger partial charge in [0.15, 0.2) is 24.6 Å². The lowest BCUT2D eigenvalue weighted by Gasteiger charge is -2.35. The molecule has 228 valence electrons. The fraction of sp³-hybridized carbons (Fsp3) is 0.615. The van der Waals surface area contributed by atoms with Gasteiger partial charge in [0.1, 0.15) is 24.0 Å². The maximum Gasteiger partial charge on any atom is 0.613 e. The average Bonchev–Trinajstić information content (AvgIpc) is 3.40. The second-order valence-electron chi connectivity index (χ2n) is 9.74. The van der Waals surface area contributed by atoms with Gasteiger partial charge in [0, 0.05) is 20.0 Å². The van der Waals surface area contributed by atoms with E-state index >= 15 is 0 Å². The van der Waals surface area contributed by atoms with Gasteiger partial charge in [0.25, 0.3) is 0 Å². The Labute approximate surface area is 243 Å². The third-order valence-electron chi connectivity index (χ3n) is 6.92. The van der Waals surface area contributed by atoms with Crippen molar-refractivity contribution in [3.8, 4) is 6.07 Å². The van der Waals surface area contributed by atoms with Crippen LogP contribution in [0.1, 0.15) is 64.7 Å². The van der Waals surface area contributed by atoms with Crippen molar-refractivity contribution in [2.45, 2.75) is 76.7 Å². The van der Waals surface area contributed by atoms with Gasteiger partial charge in [-0.25, -0.2) is 9.50 Å². The zero-order chi connectivity index (χ0) is 30.9. The molecule has 2 aromatic rings. The van der Waals surface area contributed by atoms with E-state index in [9.17, 15) is 24.2 Å². The van der Waals surface area contributed by atoms with E-state index < -0.39 is 56.5 Å². The molecule has 1 saturated carbocycles. The predicted molar refractivity (Wildman–Crippen MR) is 147 cm³/mol. The zero-order valence-corrected chi connectivity index (χ0v) is 24.9. The number of rotatable bonds is 16. The molecule has 0 amide bonds. The minimum absolute atomic E-state index is 0.0427. The Morgan fingerprint density at radius 1 is 1.24 bits per heavy atom. The first-order chi connectivity index (χ1) is 20.1. The van der Waals surface area contributed by atoms with Crippen molar-refractivity contribution in [3.63, 3.8) is 0 Å². The molecule has 2 heterocycles. The highest BCUT2D eigenvalue weighted by molar-refractivity contribution is 7.36. The molecule has 1 aliphatic carbocycles. The SMILES string of the molecule is CCC(=O)O[C@@H](c1ccc2c(N)ncnn12)[C@H](OC(=O)CC)[C@@](C#N)(CO[P+](=O)N[C@@H](C)C(=O)OCC1CCC1)OC. The lowest BCUT2D eigenvalue weighted by molar-refractivity contribution is -0.193. The quantitative estimate of drug-likeness (QED) is 0.160. The van der Waals surface area contributed by atoms with Crippen LogP contribution in [0.2, 0.25) is 0 Å². The van der Waals surface area contributed by atoms with E-state index in [0.717, 1.165) is 26.4 Å². The van der Waals surface area contributed by atoms with Crippen molar-refractivity contribution in [2.75, 3.05) is 26.1 Å². The summed E-state index contributed by atoms with van der Waals surface area (Å²) in [7, 11) is -1.57. The lowest BCUT2D eigenvalue weighted by Crippen LogP contribution is -2.53. The number of nitrogens with one attached hydrogen (secondary N) is 1. The summed E-state index contributed by atoms with van der Waals surface area (Å²) in [4.78, 5) is 41.4. The minimum atomic E-state index is -2.73. The smallest absolute Gasteiger partial charge is 0.464 e. The summed E-state index contributed by atoms with van der Waals surface area (Å²) in [5.41, 5.74) is 4.38. The van der Waals surface area contributed by atoms with Crippen LogP contribution in [-0.2, 0) is 42.4 Å².